The molecular weight excluding hydrogens is 230 g/mol. The molecule has 0 bridgehead atoms. The molecule has 2 aromatic rings. The molecule has 2 aromatic carbocycles. The molecule has 0 aromatic heterocycles. The second-order valence-corrected chi connectivity index (χ2v) is 3.94. The van der Waals surface area contributed by atoms with Crippen molar-refractivity contribution >= 4 is 17.3 Å². The van der Waals surface area contributed by atoms with E-state index in [1.807, 2.05) is 18.2 Å². The molecule has 0 unspecified atom stereocenters. The Bertz CT molecular complexity index is 549. The number of phenols is 1. The van der Waals surface area contributed by atoms with Crippen LogP contribution in [0.5, 0.6) is 5.75 Å². The fraction of sp³-hybridized carbons (Fsp3) is 0.0714. The molecule has 0 radical (unpaired) electrons. The fourth-order valence-electron chi connectivity index (χ4n) is 1.63. The van der Waals surface area contributed by atoms with Crippen molar-refractivity contribution in [2.75, 3.05) is 5.32 Å². The monoisotopic (exact) mass is 243 g/mol. The number of rotatable bonds is 4. The van der Waals surface area contributed by atoms with Crippen molar-refractivity contribution in [3.8, 4) is 5.75 Å². The van der Waals surface area contributed by atoms with Crippen LogP contribution in [-0.4, -0.2) is 16.2 Å². The number of carboxylic acids is 1. The molecule has 0 saturated heterocycles. The van der Waals surface area contributed by atoms with E-state index in [1.165, 1.54) is 0 Å². The lowest BCUT2D eigenvalue weighted by molar-refractivity contribution is -0.136. The van der Waals surface area contributed by atoms with Crippen LogP contribution >= 0.6 is 0 Å². The Morgan fingerprint density at radius 1 is 1.06 bits per heavy atom. The minimum absolute atomic E-state index is 0.0202. The van der Waals surface area contributed by atoms with E-state index in [4.69, 9.17) is 5.11 Å². The average Bonchev–Trinajstić information content (AvgIpc) is 2.31. The highest BCUT2D eigenvalue weighted by molar-refractivity contribution is 5.70. The van der Waals surface area contributed by atoms with Crippen molar-refractivity contribution in [2.24, 2.45) is 0 Å². The summed E-state index contributed by atoms with van der Waals surface area (Å²) in [6.45, 7) is 0. The highest BCUT2D eigenvalue weighted by Gasteiger charge is 2.00. The number of phenolic OH excluding ortho intramolecular Hbond substituents is 1. The summed E-state index contributed by atoms with van der Waals surface area (Å²) in [4.78, 5) is 10.5. The van der Waals surface area contributed by atoms with Gasteiger partial charge in [-0.3, -0.25) is 4.79 Å². The van der Waals surface area contributed by atoms with Gasteiger partial charge in [-0.1, -0.05) is 18.2 Å². The molecule has 0 aliphatic heterocycles. The average molecular weight is 243 g/mol. The molecule has 18 heavy (non-hydrogen) atoms. The van der Waals surface area contributed by atoms with E-state index in [2.05, 4.69) is 5.32 Å². The highest BCUT2D eigenvalue weighted by Crippen LogP contribution is 2.20. The Kier molecular flexibility index (Phi) is 3.48. The van der Waals surface area contributed by atoms with E-state index >= 15 is 0 Å². The summed E-state index contributed by atoms with van der Waals surface area (Å²) in [6, 6.07) is 13.9. The molecule has 0 fully saturated rings. The molecule has 0 aliphatic carbocycles. The molecule has 2 rings (SSSR count). The largest absolute Gasteiger partial charge is 0.508 e. The fourth-order valence-corrected chi connectivity index (χ4v) is 1.63. The molecule has 0 heterocycles. The van der Waals surface area contributed by atoms with Gasteiger partial charge in [-0.25, -0.2) is 0 Å². The number of aliphatic carboxylic acids is 1. The van der Waals surface area contributed by atoms with Crippen LogP contribution in [-0.2, 0) is 11.2 Å². The summed E-state index contributed by atoms with van der Waals surface area (Å²) in [5, 5.41) is 21.1. The maximum Gasteiger partial charge on any atom is 0.307 e. The summed E-state index contributed by atoms with van der Waals surface area (Å²) < 4.78 is 0. The molecule has 0 spiro atoms. The molecule has 0 amide bonds. The lowest BCUT2D eigenvalue weighted by atomic mass is 10.1. The number of aromatic hydroxyl groups is 1. The van der Waals surface area contributed by atoms with E-state index < -0.39 is 5.97 Å². The number of benzene rings is 2. The van der Waals surface area contributed by atoms with Crippen molar-refractivity contribution < 1.29 is 15.0 Å². The van der Waals surface area contributed by atoms with Crippen molar-refractivity contribution in [1.29, 1.82) is 0 Å². The quantitative estimate of drug-likeness (QED) is 0.772. The smallest absolute Gasteiger partial charge is 0.307 e. The topological polar surface area (TPSA) is 69.6 Å². The number of anilines is 2. The van der Waals surface area contributed by atoms with Gasteiger partial charge in [0.15, 0.2) is 0 Å². The Morgan fingerprint density at radius 2 is 1.78 bits per heavy atom. The van der Waals surface area contributed by atoms with Crippen molar-refractivity contribution in [2.45, 2.75) is 6.42 Å². The normalized spacial score (nSPS) is 10.0. The third kappa shape index (κ3) is 3.25. The van der Waals surface area contributed by atoms with Crippen LogP contribution in [0.2, 0.25) is 0 Å². The van der Waals surface area contributed by atoms with Crippen LogP contribution in [0.4, 0.5) is 11.4 Å². The molecule has 4 nitrogen and oxygen atoms in total. The van der Waals surface area contributed by atoms with Gasteiger partial charge in [0.05, 0.1) is 6.42 Å². The van der Waals surface area contributed by atoms with Crippen LogP contribution in [0.1, 0.15) is 5.56 Å². The van der Waals surface area contributed by atoms with E-state index in [9.17, 15) is 9.90 Å². The van der Waals surface area contributed by atoms with Crippen LogP contribution < -0.4 is 5.32 Å². The third-order valence-electron chi connectivity index (χ3n) is 2.44. The number of hydrogen-bond acceptors (Lipinski definition) is 3. The van der Waals surface area contributed by atoms with Crippen molar-refractivity contribution in [1.82, 2.24) is 0 Å². The van der Waals surface area contributed by atoms with E-state index in [0.717, 1.165) is 16.9 Å². The zero-order chi connectivity index (χ0) is 13.0. The molecule has 4 heteroatoms. The third-order valence-corrected chi connectivity index (χ3v) is 2.44. The summed E-state index contributed by atoms with van der Waals surface area (Å²) >= 11 is 0. The maximum absolute atomic E-state index is 10.5. The molecule has 0 atom stereocenters. The van der Waals surface area contributed by atoms with Crippen LogP contribution in [0.15, 0.2) is 48.5 Å². The molecule has 92 valence electrons. The molecule has 0 aliphatic rings. The van der Waals surface area contributed by atoms with Gasteiger partial charge in [0.25, 0.3) is 0 Å². The number of hydrogen-bond donors (Lipinski definition) is 3. The standard InChI is InChI=1S/C14H13NO3/c16-13-3-1-2-12(9-13)15-11-6-4-10(5-7-11)8-14(17)18/h1-7,9,15-16H,8H2,(H,17,18). The predicted octanol–water partition coefficient (Wildman–Crippen LogP) is 2.76. The number of nitrogens with one attached hydrogen (secondary N) is 1. The lowest BCUT2D eigenvalue weighted by Crippen LogP contribution is -1.99. The lowest BCUT2D eigenvalue weighted by Gasteiger charge is -2.07. The Balaban J connectivity index is 2.08. The first-order chi connectivity index (χ1) is 8.63. The Hall–Kier alpha value is -2.49. The van der Waals surface area contributed by atoms with Crippen molar-refractivity contribution in [3.63, 3.8) is 0 Å². The van der Waals surface area contributed by atoms with Crippen LogP contribution in [0.25, 0.3) is 0 Å². The maximum atomic E-state index is 10.5. The predicted molar refractivity (Wildman–Crippen MR) is 69.2 cm³/mol. The van der Waals surface area contributed by atoms with Gasteiger partial charge in [0.1, 0.15) is 5.75 Å². The second-order valence-electron chi connectivity index (χ2n) is 3.94. The van der Waals surface area contributed by atoms with Crippen LogP contribution in [0.3, 0.4) is 0 Å². The van der Waals surface area contributed by atoms with Gasteiger partial charge in [-0.2, -0.15) is 0 Å². The molecule has 3 N–H and O–H groups in total. The SMILES string of the molecule is O=C(O)Cc1ccc(Nc2cccc(O)c2)cc1. The highest BCUT2D eigenvalue weighted by atomic mass is 16.4. The Labute approximate surface area is 105 Å². The summed E-state index contributed by atoms with van der Waals surface area (Å²) in [7, 11) is 0. The van der Waals surface area contributed by atoms with Gasteiger partial charge < -0.3 is 15.5 Å². The van der Waals surface area contributed by atoms with E-state index in [0.29, 0.717) is 0 Å². The van der Waals surface area contributed by atoms with Gasteiger partial charge in [0.2, 0.25) is 0 Å². The van der Waals surface area contributed by atoms with Gasteiger partial charge in [-0.15, -0.1) is 0 Å². The zero-order valence-corrected chi connectivity index (χ0v) is 9.63. The summed E-state index contributed by atoms with van der Waals surface area (Å²) in [5.74, 6) is -0.647. The molecular formula is C14H13NO3. The molecule has 0 saturated carbocycles. The van der Waals surface area contributed by atoms with Crippen molar-refractivity contribution in [3.05, 3.63) is 54.1 Å². The first-order valence-corrected chi connectivity index (χ1v) is 5.50. The van der Waals surface area contributed by atoms with E-state index in [1.54, 1.807) is 30.3 Å². The minimum Gasteiger partial charge on any atom is -0.508 e. The second kappa shape index (κ2) is 5.23. The number of carboxylic acid groups (broad SMARTS) is 1. The minimum atomic E-state index is -0.844. The first-order valence-electron chi connectivity index (χ1n) is 5.50. The van der Waals surface area contributed by atoms with E-state index in [-0.39, 0.29) is 12.2 Å². The number of carbonyl (C=O) groups is 1. The first kappa shape index (κ1) is 12.0. The zero-order valence-electron chi connectivity index (χ0n) is 9.63. The van der Waals surface area contributed by atoms with Crippen LogP contribution in [0, 0.1) is 0 Å². The summed E-state index contributed by atoms with van der Waals surface area (Å²) in [5.41, 5.74) is 2.37. The van der Waals surface area contributed by atoms with Gasteiger partial charge in [0, 0.05) is 17.4 Å². The van der Waals surface area contributed by atoms with Gasteiger partial charge >= 0.3 is 5.97 Å². The van der Waals surface area contributed by atoms with Gasteiger partial charge in [-0.05, 0) is 29.8 Å². The summed E-state index contributed by atoms with van der Waals surface area (Å²) in [6.07, 6.45) is 0.0202. The Morgan fingerprint density at radius 3 is 2.39 bits per heavy atom.